The van der Waals surface area contributed by atoms with E-state index in [0.717, 1.165) is 17.7 Å². The molecule has 0 aromatic heterocycles. The number of amides is 1. The Bertz CT molecular complexity index is 805. The van der Waals surface area contributed by atoms with Gasteiger partial charge in [0, 0.05) is 39.8 Å². The van der Waals surface area contributed by atoms with Crippen LogP contribution >= 0.6 is 0 Å². The third kappa shape index (κ3) is 9.23. The number of carbonyl (C=O) groups is 1. The summed E-state index contributed by atoms with van der Waals surface area (Å²) in [5.41, 5.74) is 2.09. The van der Waals surface area contributed by atoms with Crippen molar-refractivity contribution < 1.29 is 24.1 Å². The lowest BCUT2D eigenvalue weighted by Crippen LogP contribution is -2.51. The summed E-state index contributed by atoms with van der Waals surface area (Å²) in [5.74, 6) is 0.0633. The molecule has 2 aromatic carbocycles. The highest BCUT2D eigenvalue weighted by molar-refractivity contribution is 5.78. The van der Waals surface area contributed by atoms with Crippen LogP contribution in [0, 0.1) is 0 Å². The lowest BCUT2D eigenvalue weighted by molar-refractivity contribution is -0.135. The van der Waals surface area contributed by atoms with Crippen LogP contribution in [0.1, 0.15) is 11.1 Å². The Kier molecular flexibility index (Phi) is 10.8. The number of benzene rings is 2. The van der Waals surface area contributed by atoms with Crippen molar-refractivity contribution >= 4 is 5.91 Å². The highest BCUT2D eigenvalue weighted by Crippen LogP contribution is 2.11. The zero-order chi connectivity index (χ0) is 23.3. The van der Waals surface area contributed by atoms with E-state index in [9.17, 15) is 9.90 Å². The van der Waals surface area contributed by atoms with Gasteiger partial charge in [0.2, 0.25) is 5.91 Å². The monoisotopic (exact) mass is 456 g/mol. The Morgan fingerprint density at radius 3 is 2.55 bits per heavy atom. The highest BCUT2D eigenvalue weighted by atomic mass is 16.5. The number of hydrogen-bond donors (Lipinski definition) is 1. The fourth-order valence-corrected chi connectivity index (χ4v) is 3.94. The number of ether oxygens (including phenoxy) is 3. The first kappa shape index (κ1) is 25.3. The van der Waals surface area contributed by atoms with Crippen molar-refractivity contribution in [1.29, 1.82) is 0 Å². The summed E-state index contributed by atoms with van der Waals surface area (Å²) in [6.07, 6.45) is -0.317. The fraction of sp³-hybridized carbons (Fsp3) is 0.500. The molecule has 7 heteroatoms. The molecule has 1 N–H and O–H groups in total. The molecule has 2 aromatic rings. The van der Waals surface area contributed by atoms with Gasteiger partial charge < -0.3 is 24.2 Å². The first-order chi connectivity index (χ1) is 16.1. The molecule has 2 atom stereocenters. The second kappa shape index (κ2) is 14.1. The fourth-order valence-electron chi connectivity index (χ4n) is 3.94. The minimum Gasteiger partial charge on any atom is -0.389 e. The van der Waals surface area contributed by atoms with E-state index in [1.165, 1.54) is 0 Å². The van der Waals surface area contributed by atoms with E-state index in [4.69, 9.17) is 14.2 Å². The molecule has 0 saturated carbocycles. The van der Waals surface area contributed by atoms with E-state index < -0.39 is 6.10 Å². The van der Waals surface area contributed by atoms with Gasteiger partial charge >= 0.3 is 0 Å². The topological polar surface area (TPSA) is 71.5 Å². The van der Waals surface area contributed by atoms with Crippen molar-refractivity contribution in [2.75, 3.05) is 59.7 Å². The van der Waals surface area contributed by atoms with Gasteiger partial charge in [-0.1, -0.05) is 60.7 Å². The molecular weight excluding hydrogens is 420 g/mol. The number of aliphatic hydroxyl groups is 1. The summed E-state index contributed by atoms with van der Waals surface area (Å²) in [4.78, 5) is 16.9. The van der Waals surface area contributed by atoms with Crippen LogP contribution in [0.15, 0.2) is 60.7 Å². The largest absolute Gasteiger partial charge is 0.389 e. The third-order valence-corrected chi connectivity index (χ3v) is 5.65. The lowest BCUT2D eigenvalue weighted by atomic mass is 10.1. The molecule has 0 aliphatic carbocycles. The average Bonchev–Trinajstić information content (AvgIpc) is 2.83. The molecule has 180 valence electrons. The van der Waals surface area contributed by atoms with Crippen molar-refractivity contribution in [3.05, 3.63) is 71.8 Å². The molecule has 0 radical (unpaired) electrons. The van der Waals surface area contributed by atoms with Crippen LogP contribution in [0.5, 0.6) is 0 Å². The number of nitrogens with zero attached hydrogens (tertiary/aromatic N) is 2. The molecule has 1 aliphatic rings. The lowest BCUT2D eigenvalue weighted by Gasteiger charge is -2.36. The van der Waals surface area contributed by atoms with E-state index in [0.29, 0.717) is 52.4 Å². The van der Waals surface area contributed by atoms with E-state index in [2.05, 4.69) is 4.90 Å². The molecule has 1 heterocycles. The van der Waals surface area contributed by atoms with Crippen molar-refractivity contribution in [1.82, 2.24) is 9.80 Å². The molecular formula is C26H36N2O5. The third-order valence-electron chi connectivity index (χ3n) is 5.65. The number of β-amino-alcohol motifs (C(OH)–C–C–N with tert-alkyl or cyclic N) is 1. The van der Waals surface area contributed by atoms with E-state index in [1.54, 1.807) is 7.11 Å². The molecule has 0 bridgehead atoms. The Morgan fingerprint density at radius 1 is 1.15 bits per heavy atom. The maximum atomic E-state index is 12.9. The van der Waals surface area contributed by atoms with Gasteiger partial charge in [-0.25, -0.2) is 0 Å². The molecule has 0 unspecified atom stereocenters. The Hall–Kier alpha value is -2.29. The molecule has 1 fully saturated rings. The first-order valence-electron chi connectivity index (χ1n) is 11.6. The number of methoxy groups -OCH3 is 1. The quantitative estimate of drug-likeness (QED) is 0.497. The predicted octanol–water partition coefficient (Wildman–Crippen LogP) is 1.98. The molecule has 1 aliphatic heterocycles. The molecule has 33 heavy (non-hydrogen) atoms. The van der Waals surface area contributed by atoms with Crippen LogP contribution < -0.4 is 0 Å². The SMILES string of the molecule is COCCN(C[C@@H]1CN(C[C@@H](O)COCc2ccccc2)CCO1)C(=O)Cc1ccccc1. The summed E-state index contributed by atoms with van der Waals surface area (Å²) >= 11 is 0. The Balaban J connectivity index is 1.45. The van der Waals surface area contributed by atoms with Crippen LogP contribution in [0.2, 0.25) is 0 Å². The van der Waals surface area contributed by atoms with E-state index in [-0.39, 0.29) is 18.6 Å². The maximum absolute atomic E-state index is 12.9. The zero-order valence-electron chi connectivity index (χ0n) is 19.5. The Morgan fingerprint density at radius 2 is 1.85 bits per heavy atom. The summed E-state index contributed by atoms with van der Waals surface area (Å²) < 4.78 is 16.8. The number of hydrogen-bond acceptors (Lipinski definition) is 6. The maximum Gasteiger partial charge on any atom is 0.227 e. The summed E-state index contributed by atoms with van der Waals surface area (Å²) in [6.45, 7) is 4.80. The van der Waals surface area contributed by atoms with Gasteiger partial charge in [0.1, 0.15) is 0 Å². The second-order valence-corrected chi connectivity index (χ2v) is 8.40. The molecule has 1 amide bonds. The minimum absolute atomic E-state index is 0.0633. The van der Waals surface area contributed by atoms with Crippen LogP contribution in [0.25, 0.3) is 0 Å². The van der Waals surface area contributed by atoms with Crippen LogP contribution in [-0.2, 0) is 32.0 Å². The number of carbonyl (C=O) groups excluding carboxylic acids is 1. The molecule has 3 rings (SSSR count). The van der Waals surface area contributed by atoms with Gasteiger partial charge in [0.15, 0.2) is 0 Å². The number of rotatable bonds is 13. The van der Waals surface area contributed by atoms with Crippen LogP contribution in [-0.4, -0.2) is 92.7 Å². The first-order valence-corrected chi connectivity index (χ1v) is 11.6. The number of morpholine rings is 1. The molecule has 0 spiro atoms. The van der Waals surface area contributed by atoms with Gasteiger partial charge in [-0.2, -0.15) is 0 Å². The number of aliphatic hydroxyl groups excluding tert-OH is 1. The van der Waals surface area contributed by atoms with E-state index in [1.807, 2.05) is 65.6 Å². The Labute approximate surface area is 196 Å². The van der Waals surface area contributed by atoms with Crippen molar-refractivity contribution in [3.63, 3.8) is 0 Å². The zero-order valence-corrected chi connectivity index (χ0v) is 19.5. The van der Waals surface area contributed by atoms with Crippen molar-refractivity contribution in [2.45, 2.75) is 25.2 Å². The second-order valence-electron chi connectivity index (χ2n) is 8.40. The van der Waals surface area contributed by atoms with Gasteiger partial charge in [0.25, 0.3) is 0 Å². The summed E-state index contributed by atoms with van der Waals surface area (Å²) in [6, 6.07) is 19.7. The van der Waals surface area contributed by atoms with Gasteiger partial charge in [-0.05, 0) is 11.1 Å². The minimum atomic E-state index is -0.572. The van der Waals surface area contributed by atoms with Crippen molar-refractivity contribution in [2.24, 2.45) is 0 Å². The van der Waals surface area contributed by atoms with Crippen LogP contribution in [0.3, 0.4) is 0 Å². The predicted molar refractivity (Wildman–Crippen MR) is 127 cm³/mol. The van der Waals surface area contributed by atoms with Gasteiger partial charge in [-0.15, -0.1) is 0 Å². The van der Waals surface area contributed by atoms with E-state index >= 15 is 0 Å². The normalized spacial score (nSPS) is 17.6. The smallest absolute Gasteiger partial charge is 0.227 e. The molecule has 7 nitrogen and oxygen atoms in total. The highest BCUT2D eigenvalue weighted by Gasteiger charge is 2.26. The van der Waals surface area contributed by atoms with Gasteiger partial charge in [0.05, 0.1) is 45.1 Å². The molecule has 1 saturated heterocycles. The summed E-state index contributed by atoms with van der Waals surface area (Å²) in [7, 11) is 1.64. The van der Waals surface area contributed by atoms with Crippen molar-refractivity contribution in [3.8, 4) is 0 Å². The standard InChI is InChI=1S/C26H36N2O5/c1-31-14-13-28(26(30)16-22-8-4-2-5-9-22)19-25-18-27(12-15-33-25)17-24(29)21-32-20-23-10-6-3-7-11-23/h2-11,24-25,29H,12-21H2,1H3/t24-,25+/m1/s1. The van der Waals surface area contributed by atoms with Gasteiger partial charge in [-0.3, -0.25) is 9.69 Å². The van der Waals surface area contributed by atoms with Crippen LogP contribution in [0.4, 0.5) is 0 Å². The summed E-state index contributed by atoms with van der Waals surface area (Å²) in [5, 5.41) is 10.4. The average molecular weight is 457 g/mol.